The topological polar surface area (TPSA) is 52.6 Å². The van der Waals surface area contributed by atoms with Crippen molar-refractivity contribution in [2.24, 2.45) is 11.8 Å². The van der Waals surface area contributed by atoms with E-state index in [1.54, 1.807) is 0 Å². The normalized spacial score (nSPS) is 21.9. The highest BCUT2D eigenvalue weighted by Crippen LogP contribution is 2.26. The van der Waals surface area contributed by atoms with Crippen molar-refractivity contribution in [1.29, 1.82) is 0 Å². The lowest BCUT2D eigenvalue weighted by Gasteiger charge is -2.18. The van der Waals surface area contributed by atoms with Gasteiger partial charge in [-0.1, -0.05) is 13.5 Å². The molecule has 2 unspecified atom stereocenters. The number of rotatable bonds is 5. The van der Waals surface area contributed by atoms with Crippen LogP contribution in [0.3, 0.4) is 0 Å². The molecule has 0 amide bonds. The maximum atomic E-state index is 11.3. The molecule has 0 N–H and O–H groups in total. The van der Waals surface area contributed by atoms with Gasteiger partial charge in [-0.15, -0.1) is 0 Å². The van der Waals surface area contributed by atoms with E-state index in [-0.39, 0.29) is 24.4 Å². The molecule has 4 nitrogen and oxygen atoms in total. The quantitative estimate of drug-likeness (QED) is 0.509. The molecular formula is C11H16O4. The molecule has 0 aromatic rings. The highest BCUT2D eigenvalue weighted by molar-refractivity contribution is 5.81. The third-order valence-electron chi connectivity index (χ3n) is 2.68. The average molecular weight is 212 g/mol. The highest BCUT2D eigenvalue weighted by Gasteiger charge is 2.33. The molecule has 0 aromatic carbocycles. The standard InChI is InChI=1S/C11H16O4/c1-3-8(7-15-10(12)4-2)9-5-6-14-11(9)13/h4,8-9H,2-3,5-7H2,1H3. The highest BCUT2D eigenvalue weighted by atomic mass is 16.5. The fourth-order valence-electron chi connectivity index (χ4n) is 1.71. The van der Waals surface area contributed by atoms with Crippen LogP contribution in [0.15, 0.2) is 12.7 Å². The van der Waals surface area contributed by atoms with E-state index < -0.39 is 5.97 Å². The summed E-state index contributed by atoms with van der Waals surface area (Å²) in [6.45, 7) is 6.03. The Morgan fingerprint density at radius 3 is 3.00 bits per heavy atom. The van der Waals surface area contributed by atoms with Gasteiger partial charge < -0.3 is 9.47 Å². The van der Waals surface area contributed by atoms with Crippen LogP contribution in [-0.2, 0) is 19.1 Å². The second-order valence-corrected chi connectivity index (χ2v) is 3.57. The zero-order valence-corrected chi connectivity index (χ0v) is 8.90. The lowest BCUT2D eigenvalue weighted by molar-refractivity contribution is -0.146. The molecule has 0 aliphatic carbocycles. The van der Waals surface area contributed by atoms with Crippen molar-refractivity contribution < 1.29 is 19.1 Å². The van der Waals surface area contributed by atoms with Gasteiger partial charge in [0.2, 0.25) is 0 Å². The van der Waals surface area contributed by atoms with Crippen LogP contribution in [-0.4, -0.2) is 25.2 Å². The summed E-state index contributed by atoms with van der Waals surface area (Å²) in [7, 11) is 0. The van der Waals surface area contributed by atoms with Crippen molar-refractivity contribution in [2.75, 3.05) is 13.2 Å². The lowest BCUT2D eigenvalue weighted by atomic mass is 9.90. The molecule has 1 heterocycles. The minimum Gasteiger partial charge on any atom is -0.465 e. The van der Waals surface area contributed by atoms with E-state index in [0.29, 0.717) is 6.61 Å². The van der Waals surface area contributed by atoms with E-state index >= 15 is 0 Å². The number of esters is 2. The number of carbonyl (C=O) groups excluding carboxylic acids is 2. The Kier molecular flexibility index (Phi) is 4.34. The number of ether oxygens (including phenoxy) is 2. The predicted octanol–water partition coefficient (Wildman–Crippen LogP) is 1.30. The molecular weight excluding hydrogens is 196 g/mol. The molecule has 4 heteroatoms. The summed E-state index contributed by atoms with van der Waals surface area (Å²) in [5, 5.41) is 0. The van der Waals surface area contributed by atoms with Crippen LogP contribution in [0.4, 0.5) is 0 Å². The Morgan fingerprint density at radius 2 is 2.53 bits per heavy atom. The number of hydrogen-bond acceptors (Lipinski definition) is 4. The van der Waals surface area contributed by atoms with Crippen molar-refractivity contribution in [1.82, 2.24) is 0 Å². The fraction of sp³-hybridized carbons (Fsp3) is 0.636. The summed E-state index contributed by atoms with van der Waals surface area (Å²) in [6, 6.07) is 0. The Morgan fingerprint density at radius 1 is 1.80 bits per heavy atom. The Hall–Kier alpha value is -1.32. The minimum atomic E-state index is -0.445. The Labute approximate surface area is 89.2 Å². The first-order chi connectivity index (χ1) is 7.19. The van der Waals surface area contributed by atoms with Crippen molar-refractivity contribution in [2.45, 2.75) is 19.8 Å². The molecule has 1 fully saturated rings. The van der Waals surface area contributed by atoms with Gasteiger partial charge in [0.25, 0.3) is 0 Å². The van der Waals surface area contributed by atoms with Crippen LogP contribution >= 0.6 is 0 Å². The van der Waals surface area contributed by atoms with Gasteiger partial charge in [0.1, 0.15) is 0 Å². The molecule has 84 valence electrons. The van der Waals surface area contributed by atoms with Gasteiger partial charge in [0.15, 0.2) is 0 Å². The first kappa shape index (κ1) is 11.8. The molecule has 0 spiro atoms. The van der Waals surface area contributed by atoms with Gasteiger partial charge in [-0.05, 0) is 12.8 Å². The zero-order chi connectivity index (χ0) is 11.3. The molecule has 0 aromatic heterocycles. The van der Waals surface area contributed by atoms with E-state index in [0.717, 1.165) is 18.9 Å². The Bertz CT molecular complexity index is 259. The third-order valence-corrected chi connectivity index (χ3v) is 2.68. The summed E-state index contributed by atoms with van der Waals surface area (Å²) < 4.78 is 9.82. The summed E-state index contributed by atoms with van der Waals surface area (Å²) >= 11 is 0. The van der Waals surface area contributed by atoms with E-state index in [1.165, 1.54) is 0 Å². The fourth-order valence-corrected chi connectivity index (χ4v) is 1.71. The summed E-state index contributed by atoms with van der Waals surface area (Å²) in [4.78, 5) is 22.2. The van der Waals surface area contributed by atoms with Crippen LogP contribution in [0.2, 0.25) is 0 Å². The van der Waals surface area contributed by atoms with Gasteiger partial charge in [-0.2, -0.15) is 0 Å². The van der Waals surface area contributed by atoms with Gasteiger partial charge in [-0.25, -0.2) is 4.79 Å². The molecule has 1 aliphatic heterocycles. The summed E-state index contributed by atoms with van der Waals surface area (Å²) in [5.74, 6) is -0.673. The van der Waals surface area contributed by atoms with Crippen LogP contribution < -0.4 is 0 Å². The van der Waals surface area contributed by atoms with Gasteiger partial charge in [0, 0.05) is 12.0 Å². The zero-order valence-electron chi connectivity index (χ0n) is 8.90. The van der Waals surface area contributed by atoms with Crippen molar-refractivity contribution >= 4 is 11.9 Å². The second kappa shape index (κ2) is 5.53. The van der Waals surface area contributed by atoms with Crippen LogP contribution in [0.1, 0.15) is 19.8 Å². The van der Waals surface area contributed by atoms with Gasteiger partial charge in [0.05, 0.1) is 19.1 Å². The molecule has 15 heavy (non-hydrogen) atoms. The van der Waals surface area contributed by atoms with Gasteiger partial charge >= 0.3 is 11.9 Å². The predicted molar refractivity (Wildman–Crippen MR) is 54.0 cm³/mol. The van der Waals surface area contributed by atoms with Crippen LogP contribution in [0.5, 0.6) is 0 Å². The van der Waals surface area contributed by atoms with E-state index in [9.17, 15) is 9.59 Å². The third kappa shape index (κ3) is 3.08. The van der Waals surface area contributed by atoms with Gasteiger partial charge in [-0.3, -0.25) is 4.79 Å². The number of hydrogen-bond donors (Lipinski definition) is 0. The second-order valence-electron chi connectivity index (χ2n) is 3.57. The summed E-state index contributed by atoms with van der Waals surface area (Å²) in [6.07, 6.45) is 2.65. The molecule has 1 saturated heterocycles. The van der Waals surface area contributed by atoms with Crippen molar-refractivity contribution in [3.63, 3.8) is 0 Å². The SMILES string of the molecule is C=CC(=O)OCC(CC)C1CCOC1=O. The molecule has 1 aliphatic rings. The van der Waals surface area contributed by atoms with E-state index in [4.69, 9.17) is 9.47 Å². The molecule has 0 bridgehead atoms. The van der Waals surface area contributed by atoms with Crippen LogP contribution in [0, 0.1) is 11.8 Å². The first-order valence-corrected chi connectivity index (χ1v) is 5.14. The first-order valence-electron chi connectivity index (χ1n) is 5.14. The Balaban J connectivity index is 2.44. The molecule has 0 saturated carbocycles. The van der Waals surface area contributed by atoms with Crippen LogP contribution in [0.25, 0.3) is 0 Å². The maximum Gasteiger partial charge on any atom is 0.330 e. The van der Waals surface area contributed by atoms with E-state index in [2.05, 4.69) is 6.58 Å². The molecule has 1 rings (SSSR count). The van der Waals surface area contributed by atoms with Crippen molar-refractivity contribution in [3.05, 3.63) is 12.7 Å². The van der Waals surface area contributed by atoms with Crippen molar-refractivity contribution in [3.8, 4) is 0 Å². The molecule has 2 atom stereocenters. The minimum absolute atomic E-state index is 0.0592. The van der Waals surface area contributed by atoms with E-state index in [1.807, 2.05) is 6.92 Å². The number of carbonyl (C=O) groups is 2. The summed E-state index contributed by atoms with van der Waals surface area (Å²) in [5.41, 5.74) is 0. The smallest absolute Gasteiger partial charge is 0.330 e. The largest absolute Gasteiger partial charge is 0.465 e. The molecule has 0 radical (unpaired) electrons. The average Bonchev–Trinajstić information content (AvgIpc) is 2.65. The monoisotopic (exact) mass is 212 g/mol. The number of cyclic esters (lactones) is 1. The lowest BCUT2D eigenvalue weighted by Crippen LogP contribution is -2.24. The maximum absolute atomic E-state index is 11.3.